The number of unbranched alkanes of at least 4 members (excludes halogenated alkanes) is 3. The molecule has 5 nitrogen and oxygen atoms in total. The number of benzene rings is 1. The molecule has 0 aromatic heterocycles. The number of rotatable bonds is 11. The molecule has 1 aromatic carbocycles. The maximum absolute atomic E-state index is 10.9. The smallest absolute Gasteiger partial charge is 0.269 e. The Labute approximate surface area is 126 Å². The standard InChI is InChI=1S/C16H26N2O3/c1-3-5-6-7-11-21-13-14-12-15(18(19)20)8-9-16(14)17-10-4-2/h8-9,12,17H,3-7,10-11,13H2,1-2H3. The van der Waals surface area contributed by atoms with Gasteiger partial charge in [-0.2, -0.15) is 0 Å². The van der Waals surface area contributed by atoms with Crippen molar-refractivity contribution in [2.24, 2.45) is 0 Å². The lowest BCUT2D eigenvalue weighted by Gasteiger charge is -2.12. The van der Waals surface area contributed by atoms with E-state index in [2.05, 4.69) is 19.2 Å². The van der Waals surface area contributed by atoms with E-state index in [4.69, 9.17) is 4.74 Å². The fraction of sp³-hybridized carbons (Fsp3) is 0.625. The van der Waals surface area contributed by atoms with Gasteiger partial charge in [0.15, 0.2) is 0 Å². The molecule has 0 spiro atoms. The lowest BCUT2D eigenvalue weighted by Crippen LogP contribution is -2.05. The maximum atomic E-state index is 10.9. The van der Waals surface area contributed by atoms with Crippen LogP contribution in [0.4, 0.5) is 11.4 Å². The second-order valence-corrected chi connectivity index (χ2v) is 5.14. The van der Waals surface area contributed by atoms with Crippen LogP contribution in [0.1, 0.15) is 51.5 Å². The summed E-state index contributed by atoms with van der Waals surface area (Å²) in [4.78, 5) is 10.5. The molecule has 0 saturated heterocycles. The van der Waals surface area contributed by atoms with Crippen molar-refractivity contribution in [1.82, 2.24) is 0 Å². The van der Waals surface area contributed by atoms with E-state index >= 15 is 0 Å². The van der Waals surface area contributed by atoms with E-state index in [0.717, 1.165) is 30.6 Å². The van der Waals surface area contributed by atoms with Crippen molar-refractivity contribution >= 4 is 11.4 Å². The number of anilines is 1. The molecule has 21 heavy (non-hydrogen) atoms. The maximum Gasteiger partial charge on any atom is 0.269 e. The van der Waals surface area contributed by atoms with E-state index in [1.807, 2.05) is 0 Å². The zero-order chi connectivity index (χ0) is 15.5. The molecule has 0 fully saturated rings. The van der Waals surface area contributed by atoms with Crippen LogP contribution in [-0.2, 0) is 11.3 Å². The number of nitro groups is 1. The molecule has 1 rings (SSSR count). The Hall–Kier alpha value is -1.62. The van der Waals surface area contributed by atoms with Gasteiger partial charge in [-0.1, -0.05) is 33.1 Å². The Kier molecular flexibility index (Phi) is 8.43. The first-order chi connectivity index (χ1) is 10.2. The van der Waals surface area contributed by atoms with Crippen LogP contribution < -0.4 is 5.32 Å². The fourth-order valence-corrected chi connectivity index (χ4v) is 2.06. The average molecular weight is 294 g/mol. The number of non-ortho nitro benzene ring substituents is 1. The van der Waals surface area contributed by atoms with Gasteiger partial charge in [-0.05, 0) is 18.9 Å². The van der Waals surface area contributed by atoms with Crippen LogP contribution in [0.3, 0.4) is 0 Å². The minimum Gasteiger partial charge on any atom is -0.385 e. The van der Waals surface area contributed by atoms with Crippen LogP contribution in [-0.4, -0.2) is 18.1 Å². The number of nitro benzene ring substituents is 1. The summed E-state index contributed by atoms with van der Waals surface area (Å²) in [5.41, 5.74) is 1.89. The highest BCUT2D eigenvalue weighted by Gasteiger charge is 2.10. The lowest BCUT2D eigenvalue weighted by atomic mass is 10.1. The summed E-state index contributed by atoms with van der Waals surface area (Å²) in [5, 5.41) is 14.2. The quantitative estimate of drug-likeness (QED) is 0.370. The molecule has 0 unspecified atom stereocenters. The minimum atomic E-state index is -0.367. The Bertz CT molecular complexity index is 436. The van der Waals surface area contributed by atoms with Gasteiger partial charge in [0.2, 0.25) is 0 Å². The van der Waals surface area contributed by atoms with Gasteiger partial charge in [0.25, 0.3) is 5.69 Å². The van der Waals surface area contributed by atoms with Gasteiger partial charge in [-0.25, -0.2) is 0 Å². The molecule has 0 aliphatic rings. The first-order valence-electron chi connectivity index (χ1n) is 7.78. The molecule has 0 heterocycles. The molecule has 0 amide bonds. The first kappa shape index (κ1) is 17.4. The highest BCUT2D eigenvalue weighted by Crippen LogP contribution is 2.23. The highest BCUT2D eigenvalue weighted by molar-refractivity contribution is 5.55. The summed E-state index contributed by atoms with van der Waals surface area (Å²) in [6, 6.07) is 4.90. The van der Waals surface area contributed by atoms with Gasteiger partial charge in [0.1, 0.15) is 0 Å². The molecular formula is C16H26N2O3. The Morgan fingerprint density at radius 1 is 1.19 bits per heavy atom. The lowest BCUT2D eigenvalue weighted by molar-refractivity contribution is -0.384. The van der Waals surface area contributed by atoms with Gasteiger partial charge in [-0.3, -0.25) is 10.1 Å². The predicted molar refractivity (Wildman–Crippen MR) is 85.7 cm³/mol. The van der Waals surface area contributed by atoms with E-state index in [0.29, 0.717) is 13.2 Å². The monoisotopic (exact) mass is 294 g/mol. The molecule has 1 aromatic rings. The predicted octanol–water partition coefficient (Wildman–Crippen LogP) is 4.51. The van der Waals surface area contributed by atoms with E-state index < -0.39 is 0 Å². The number of hydrogen-bond donors (Lipinski definition) is 1. The summed E-state index contributed by atoms with van der Waals surface area (Å²) >= 11 is 0. The van der Waals surface area contributed by atoms with Crippen molar-refractivity contribution < 1.29 is 9.66 Å². The third-order valence-corrected chi connectivity index (χ3v) is 3.26. The van der Waals surface area contributed by atoms with Gasteiger partial charge in [-0.15, -0.1) is 0 Å². The van der Waals surface area contributed by atoms with Crippen LogP contribution in [0.2, 0.25) is 0 Å². The Morgan fingerprint density at radius 2 is 2.00 bits per heavy atom. The topological polar surface area (TPSA) is 64.4 Å². The summed E-state index contributed by atoms with van der Waals surface area (Å²) in [6.45, 7) is 6.23. The van der Waals surface area contributed by atoms with E-state index in [9.17, 15) is 10.1 Å². The van der Waals surface area contributed by atoms with Crippen molar-refractivity contribution in [3.63, 3.8) is 0 Å². The van der Waals surface area contributed by atoms with Gasteiger partial charge in [0.05, 0.1) is 11.5 Å². The number of hydrogen-bond acceptors (Lipinski definition) is 4. The van der Waals surface area contributed by atoms with Crippen molar-refractivity contribution in [2.75, 3.05) is 18.5 Å². The van der Waals surface area contributed by atoms with Gasteiger partial charge < -0.3 is 10.1 Å². The number of nitrogens with one attached hydrogen (secondary N) is 1. The summed E-state index contributed by atoms with van der Waals surface area (Å²) < 4.78 is 5.66. The summed E-state index contributed by atoms with van der Waals surface area (Å²) in [6.07, 6.45) is 5.65. The van der Waals surface area contributed by atoms with E-state index in [1.54, 1.807) is 12.1 Å². The second kappa shape index (κ2) is 10.2. The molecule has 0 radical (unpaired) electrons. The second-order valence-electron chi connectivity index (χ2n) is 5.14. The van der Waals surface area contributed by atoms with Crippen LogP contribution in [0.15, 0.2) is 18.2 Å². The molecule has 0 aliphatic heterocycles. The van der Waals surface area contributed by atoms with Crippen molar-refractivity contribution in [2.45, 2.75) is 52.6 Å². The molecule has 0 aliphatic carbocycles. The van der Waals surface area contributed by atoms with E-state index in [-0.39, 0.29) is 10.6 Å². The van der Waals surface area contributed by atoms with Crippen molar-refractivity contribution in [1.29, 1.82) is 0 Å². The average Bonchev–Trinajstić information content (AvgIpc) is 2.49. The first-order valence-corrected chi connectivity index (χ1v) is 7.78. The third-order valence-electron chi connectivity index (χ3n) is 3.26. The van der Waals surface area contributed by atoms with Gasteiger partial charge >= 0.3 is 0 Å². The molecule has 1 N–H and O–H groups in total. The largest absolute Gasteiger partial charge is 0.385 e. The molecule has 5 heteroatoms. The SMILES string of the molecule is CCCCCCOCc1cc([N+](=O)[O-])ccc1NCCC. The summed E-state index contributed by atoms with van der Waals surface area (Å²) in [5.74, 6) is 0. The zero-order valence-electron chi connectivity index (χ0n) is 13.1. The van der Waals surface area contributed by atoms with Crippen molar-refractivity contribution in [3.8, 4) is 0 Å². The van der Waals surface area contributed by atoms with E-state index in [1.165, 1.54) is 25.3 Å². The summed E-state index contributed by atoms with van der Waals surface area (Å²) in [7, 11) is 0. The molecule has 0 atom stereocenters. The van der Waals surface area contributed by atoms with Crippen LogP contribution >= 0.6 is 0 Å². The Morgan fingerprint density at radius 3 is 2.67 bits per heavy atom. The Balaban J connectivity index is 2.58. The number of ether oxygens (including phenoxy) is 1. The van der Waals surface area contributed by atoms with Gasteiger partial charge in [0, 0.05) is 36.5 Å². The third kappa shape index (κ3) is 6.58. The fourth-order valence-electron chi connectivity index (χ4n) is 2.06. The highest BCUT2D eigenvalue weighted by atomic mass is 16.6. The van der Waals surface area contributed by atoms with Crippen LogP contribution in [0, 0.1) is 10.1 Å². The minimum absolute atomic E-state index is 0.113. The zero-order valence-corrected chi connectivity index (χ0v) is 13.1. The number of nitrogens with zero attached hydrogens (tertiary/aromatic N) is 1. The van der Waals surface area contributed by atoms with Crippen LogP contribution in [0.25, 0.3) is 0 Å². The molecule has 118 valence electrons. The van der Waals surface area contributed by atoms with Crippen molar-refractivity contribution in [3.05, 3.63) is 33.9 Å². The molecule has 0 saturated carbocycles. The molecular weight excluding hydrogens is 268 g/mol. The van der Waals surface area contributed by atoms with Crippen LogP contribution in [0.5, 0.6) is 0 Å². The molecule has 0 bridgehead atoms. The normalized spacial score (nSPS) is 10.6.